The molecule has 0 saturated carbocycles. The molecule has 0 radical (unpaired) electrons. The zero-order valence-electron chi connectivity index (χ0n) is 8.90. The second-order valence-electron chi connectivity index (χ2n) is 4.42. The predicted octanol–water partition coefficient (Wildman–Crippen LogP) is 1.91. The van der Waals surface area contributed by atoms with Crippen molar-refractivity contribution in [3.05, 3.63) is 17.7 Å². The third-order valence-electron chi connectivity index (χ3n) is 3.18. The van der Waals surface area contributed by atoms with Crippen molar-refractivity contribution in [2.45, 2.75) is 45.8 Å². The molecule has 78 valence electrons. The molecule has 0 unspecified atom stereocenters. The topological polar surface area (TPSA) is 38.0 Å². The van der Waals surface area contributed by atoms with Crippen LogP contribution in [0.15, 0.2) is 6.33 Å². The second-order valence-corrected chi connectivity index (χ2v) is 4.42. The Morgan fingerprint density at radius 1 is 1.64 bits per heavy atom. The van der Waals surface area contributed by atoms with Crippen LogP contribution in [0, 0.1) is 5.92 Å². The summed E-state index contributed by atoms with van der Waals surface area (Å²) < 4.78 is 2.21. The number of aryl methyl sites for hydroxylation is 1. The number of aliphatic hydroxyl groups excluding tert-OH is 1. The van der Waals surface area contributed by atoms with Crippen LogP contribution in [0.5, 0.6) is 0 Å². The number of rotatable bonds is 2. The molecule has 1 aromatic rings. The van der Waals surface area contributed by atoms with Crippen LogP contribution in [0.3, 0.4) is 0 Å². The van der Waals surface area contributed by atoms with Crippen LogP contribution in [0.1, 0.15) is 44.0 Å². The first kappa shape index (κ1) is 9.71. The summed E-state index contributed by atoms with van der Waals surface area (Å²) in [5.74, 6) is 1.21. The minimum Gasteiger partial charge on any atom is -0.390 e. The Balaban J connectivity index is 2.40. The van der Waals surface area contributed by atoms with E-state index >= 15 is 0 Å². The highest BCUT2D eigenvalue weighted by Gasteiger charge is 2.26. The summed E-state index contributed by atoms with van der Waals surface area (Å²) >= 11 is 0. The fraction of sp³-hybridized carbons (Fsp3) is 0.727. The molecule has 3 nitrogen and oxygen atoms in total. The third-order valence-corrected chi connectivity index (χ3v) is 3.18. The minimum absolute atomic E-state index is 0.0750. The van der Waals surface area contributed by atoms with Crippen molar-refractivity contribution >= 4 is 0 Å². The van der Waals surface area contributed by atoms with E-state index in [2.05, 4.69) is 23.4 Å². The van der Waals surface area contributed by atoms with Gasteiger partial charge in [-0.05, 0) is 18.8 Å². The number of aromatic nitrogens is 2. The van der Waals surface area contributed by atoms with E-state index in [9.17, 15) is 5.11 Å². The molecule has 1 aliphatic rings. The first-order chi connectivity index (χ1) is 6.74. The summed E-state index contributed by atoms with van der Waals surface area (Å²) in [6, 6.07) is 0. The summed E-state index contributed by atoms with van der Waals surface area (Å²) in [6.45, 7) is 5.63. The van der Waals surface area contributed by atoms with Gasteiger partial charge < -0.3 is 9.67 Å². The molecular formula is C11H18N2O. The van der Waals surface area contributed by atoms with E-state index < -0.39 is 0 Å². The molecule has 1 aromatic heterocycles. The van der Waals surface area contributed by atoms with E-state index in [1.807, 2.05) is 6.33 Å². The normalized spacial score (nSPS) is 21.3. The zero-order valence-corrected chi connectivity index (χ0v) is 8.90. The van der Waals surface area contributed by atoms with Gasteiger partial charge in [0, 0.05) is 18.2 Å². The number of hydrogen-bond donors (Lipinski definition) is 1. The summed E-state index contributed by atoms with van der Waals surface area (Å²) in [4.78, 5) is 4.26. The van der Waals surface area contributed by atoms with Crippen LogP contribution >= 0.6 is 0 Å². The van der Waals surface area contributed by atoms with Crippen molar-refractivity contribution in [1.82, 2.24) is 9.55 Å². The van der Waals surface area contributed by atoms with Crippen molar-refractivity contribution in [3.63, 3.8) is 0 Å². The number of aliphatic hydroxyl groups is 1. The Labute approximate surface area is 84.8 Å². The maximum Gasteiger partial charge on any atom is 0.0952 e. The Bertz CT molecular complexity index is 304. The van der Waals surface area contributed by atoms with Crippen LogP contribution in [-0.2, 0) is 13.2 Å². The Morgan fingerprint density at radius 2 is 2.43 bits per heavy atom. The van der Waals surface area contributed by atoms with E-state index in [0.29, 0.717) is 11.8 Å². The van der Waals surface area contributed by atoms with E-state index in [0.717, 1.165) is 12.2 Å². The van der Waals surface area contributed by atoms with Gasteiger partial charge >= 0.3 is 0 Å². The average Bonchev–Trinajstić information content (AvgIpc) is 2.59. The van der Waals surface area contributed by atoms with E-state index in [4.69, 9.17) is 0 Å². The van der Waals surface area contributed by atoms with Crippen LogP contribution in [-0.4, -0.2) is 14.7 Å². The third kappa shape index (κ3) is 1.46. The molecule has 0 aliphatic carbocycles. The molecule has 0 amide bonds. The van der Waals surface area contributed by atoms with Gasteiger partial charge in [-0.1, -0.05) is 13.8 Å². The Morgan fingerprint density at radius 3 is 3.07 bits per heavy atom. The second kappa shape index (κ2) is 3.73. The molecule has 0 saturated heterocycles. The van der Waals surface area contributed by atoms with Crippen LogP contribution in [0.4, 0.5) is 0 Å². The highest BCUT2D eigenvalue weighted by atomic mass is 16.3. The van der Waals surface area contributed by atoms with Gasteiger partial charge in [-0.3, -0.25) is 0 Å². The van der Waals surface area contributed by atoms with Gasteiger partial charge in [0.2, 0.25) is 0 Å². The monoisotopic (exact) mass is 194 g/mol. The van der Waals surface area contributed by atoms with Crippen molar-refractivity contribution in [2.24, 2.45) is 5.92 Å². The predicted molar refractivity (Wildman–Crippen MR) is 55.0 cm³/mol. The summed E-state index contributed by atoms with van der Waals surface area (Å²) in [6.07, 6.45) is 4.34. The molecule has 1 aliphatic heterocycles. The van der Waals surface area contributed by atoms with Gasteiger partial charge in [0.1, 0.15) is 0 Å². The first-order valence-corrected chi connectivity index (χ1v) is 5.38. The van der Waals surface area contributed by atoms with E-state index in [1.54, 1.807) is 0 Å². The molecule has 0 bridgehead atoms. The first-order valence-electron chi connectivity index (χ1n) is 5.38. The molecule has 14 heavy (non-hydrogen) atoms. The average molecular weight is 194 g/mol. The standard InChI is InChI=1S/C11H18N2O/c1-8(2)9-4-3-5-13-7-12-10(6-14)11(9)13/h7-9,14H,3-6H2,1-2H3/t9-/m0/s1. The quantitative estimate of drug-likeness (QED) is 0.781. The van der Waals surface area contributed by atoms with Crippen LogP contribution < -0.4 is 0 Å². The molecule has 2 heterocycles. The molecule has 3 heteroatoms. The van der Waals surface area contributed by atoms with Gasteiger partial charge in [0.05, 0.1) is 18.6 Å². The van der Waals surface area contributed by atoms with Gasteiger partial charge in [-0.15, -0.1) is 0 Å². The summed E-state index contributed by atoms with van der Waals surface area (Å²) in [5.41, 5.74) is 2.15. The fourth-order valence-corrected chi connectivity index (χ4v) is 2.43. The highest BCUT2D eigenvalue weighted by Crippen LogP contribution is 2.34. The van der Waals surface area contributed by atoms with Crippen LogP contribution in [0.2, 0.25) is 0 Å². The van der Waals surface area contributed by atoms with Gasteiger partial charge in [-0.2, -0.15) is 0 Å². The smallest absolute Gasteiger partial charge is 0.0952 e. The highest BCUT2D eigenvalue weighted by molar-refractivity contribution is 5.19. The van der Waals surface area contributed by atoms with Gasteiger partial charge in [0.15, 0.2) is 0 Å². The maximum absolute atomic E-state index is 9.21. The largest absolute Gasteiger partial charge is 0.390 e. The lowest BCUT2D eigenvalue weighted by atomic mass is 9.85. The Hall–Kier alpha value is -0.830. The summed E-state index contributed by atoms with van der Waals surface area (Å²) in [5, 5.41) is 9.21. The number of imidazole rings is 1. The van der Waals surface area contributed by atoms with Crippen LogP contribution in [0.25, 0.3) is 0 Å². The van der Waals surface area contributed by atoms with Gasteiger partial charge in [-0.25, -0.2) is 4.98 Å². The van der Waals surface area contributed by atoms with E-state index in [1.165, 1.54) is 18.5 Å². The van der Waals surface area contributed by atoms with Crippen molar-refractivity contribution in [2.75, 3.05) is 0 Å². The SMILES string of the molecule is CC(C)[C@@H]1CCCn2cnc(CO)c21. The lowest BCUT2D eigenvalue weighted by molar-refractivity contribution is 0.270. The molecule has 1 N–H and O–H groups in total. The molecule has 0 fully saturated rings. The lowest BCUT2D eigenvalue weighted by Crippen LogP contribution is -2.19. The van der Waals surface area contributed by atoms with Crippen molar-refractivity contribution < 1.29 is 5.11 Å². The molecule has 0 spiro atoms. The summed E-state index contributed by atoms with van der Waals surface area (Å²) in [7, 11) is 0. The number of hydrogen-bond acceptors (Lipinski definition) is 2. The van der Waals surface area contributed by atoms with Crippen molar-refractivity contribution in [1.29, 1.82) is 0 Å². The number of nitrogens with zero attached hydrogens (tertiary/aromatic N) is 2. The Kier molecular flexibility index (Phi) is 2.59. The lowest BCUT2D eigenvalue weighted by Gasteiger charge is -2.28. The number of fused-ring (bicyclic) bond motifs is 1. The molecular weight excluding hydrogens is 176 g/mol. The van der Waals surface area contributed by atoms with Crippen molar-refractivity contribution in [3.8, 4) is 0 Å². The maximum atomic E-state index is 9.21. The molecule has 2 rings (SSSR count). The minimum atomic E-state index is 0.0750. The zero-order chi connectivity index (χ0) is 10.1. The van der Waals surface area contributed by atoms with E-state index in [-0.39, 0.29) is 6.61 Å². The fourth-order valence-electron chi connectivity index (χ4n) is 2.43. The van der Waals surface area contributed by atoms with Gasteiger partial charge in [0.25, 0.3) is 0 Å². The molecule has 1 atom stereocenters. The molecule has 0 aromatic carbocycles.